The highest BCUT2D eigenvalue weighted by Crippen LogP contribution is 2.59. The number of hydrogen-bond donors (Lipinski definition) is 1. The highest BCUT2D eigenvalue weighted by atomic mass is 32.2. The lowest BCUT2D eigenvalue weighted by Gasteiger charge is -2.15. The molecule has 34 heavy (non-hydrogen) atoms. The van der Waals surface area contributed by atoms with Crippen molar-refractivity contribution >= 4 is 16.9 Å². The van der Waals surface area contributed by atoms with Gasteiger partial charge in [-0.3, -0.25) is 9.52 Å². The van der Waals surface area contributed by atoms with Gasteiger partial charge in [-0.25, -0.2) is 9.19 Å². The van der Waals surface area contributed by atoms with Crippen molar-refractivity contribution in [2.75, 3.05) is 7.11 Å². The van der Waals surface area contributed by atoms with Crippen molar-refractivity contribution < 1.29 is 23.2 Å². The average molecular weight is 477 g/mol. The van der Waals surface area contributed by atoms with Crippen LogP contribution in [-0.4, -0.2) is 28.3 Å². The third-order valence-electron chi connectivity index (χ3n) is 7.02. The Morgan fingerprint density at radius 1 is 1.09 bits per heavy atom. The summed E-state index contributed by atoms with van der Waals surface area (Å²) >= 11 is 0. The number of rotatable bonds is 6. The van der Waals surface area contributed by atoms with Crippen molar-refractivity contribution in [2.24, 2.45) is 0 Å². The molecule has 2 aromatic carbocycles. The molecule has 0 bridgehead atoms. The van der Waals surface area contributed by atoms with Gasteiger partial charge in [0.15, 0.2) is 0 Å². The molecule has 1 aromatic heterocycles. The van der Waals surface area contributed by atoms with E-state index in [1.165, 1.54) is 11.1 Å². The lowest BCUT2D eigenvalue weighted by Crippen LogP contribution is -2.15. The van der Waals surface area contributed by atoms with E-state index in [4.69, 9.17) is 14.2 Å². The summed E-state index contributed by atoms with van der Waals surface area (Å²) in [5.41, 5.74) is 3.45. The second kappa shape index (κ2) is 8.13. The van der Waals surface area contributed by atoms with Crippen LogP contribution in [0.15, 0.2) is 60.8 Å². The molecule has 0 radical (unpaired) electrons. The Balaban J connectivity index is 1.16. The van der Waals surface area contributed by atoms with Gasteiger partial charge in [0.2, 0.25) is 11.8 Å². The van der Waals surface area contributed by atoms with Gasteiger partial charge in [-0.2, -0.15) is 0 Å². The maximum absolute atomic E-state index is 12.0. The number of aromatic nitrogens is 1. The first-order valence-electron chi connectivity index (χ1n) is 11.3. The number of ether oxygens (including phenoxy) is 3. The molecular weight excluding hydrogens is 452 g/mol. The van der Waals surface area contributed by atoms with Crippen molar-refractivity contribution in [3.8, 4) is 23.1 Å². The molecule has 174 valence electrons. The van der Waals surface area contributed by atoms with Crippen LogP contribution in [0.3, 0.4) is 0 Å². The van der Waals surface area contributed by atoms with E-state index in [9.17, 15) is 9.00 Å². The smallest absolute Gasteiger partial charge is 0.233 e. The Hall–Kier alpha value is -3.39. The van der Waals surface area contributed by atoms with E-state index in [1.807, 2.05) is 42.5 Å². The molecule has 1 amide bonds. The zero-order valence-corrected chi connectivity index (χ0v) is 19.5. The minimum absolute atomic E-state index is 0.0226. The zero-order chi connectivity index (χ0) is 23.3. The summed E-state index contributed by atoms with van der Waals surface area (Å²) in [5.74, 6) is 2.72. The Morgan fingerprint density at radius 2 is 1.91 bits per heavy atom. The van der Waals surface area contributed by atoms with Gasteiger partial charge < -0.3 is 14.2 Å². The molecule has 6 rings (SSSR count). The molecule has 1 spiro atoms. The summed E-state index contributed by atoms with van der Waals surface area (Å²) in [7, 11) is 0.230. The number of benzene rings is 2. The van der Waals surface area contributed by atoms with Crippen LogP contribution >= 0.6 is 0 Å². The van der Waals surface area contributed by atoms with Gasteiger partial charge >= 0.3 is 0 Å². The molecule has 1 aliphatic heterocycles. The van der Waals surface area contributed by atoms with Gasteiger partial charge in [0.1, 0.15) is 34.3 Å². The van der Waals surface area contributed by atoms with Crippen molar-refractivity contribution in [3.63, 3.8) is 0 Å². The van der Waals surface area contributed by atoms with Crippen molar-refractivity contribution in [2.45, 2.75) is 42.5 Å². The fourth-order valence-corrected chi connectivity index (χ4v) is 6.31. The van der Waals surface area contributed by atoms with E-state index in [2.05, 4.69) is 15.8 Å². The van der Waals surface area contributed by atoms with Crippen molar-refractivity contribution in [1.29, 1.82) is 0 Å². The number of methoxy groups -OCH3 is 1. The molecule has 3 unspecified atom stereocenters. The number of pyridine rings is 1. The van der Waals surface area contributed by atoms with Crippen molar-refractivity contribution in [3.05, 3.63) is 77.5 Å². The van der Waals surface area contributed by atoms with E-state index in [0.717, 1.165) is 36.3 Å². The summed E-state index contributed by atoms with van der Waals surface area (Å²) in [6.45, 7) is 0. The fraction of sp³-hybridized carbons (Fsp3) is 0.308. The highest BCUT2D eigenvalue weighted by molar-refractivity contribution is 7.84. The van der Waals surface area contributed by atoms with Gasteiger partial charge in [-0.1, -0.05) is 24.3 Å². The predicted octanol–water partition coefficient (Wildman–Crippen LogP) is 4.14. The topological polar surface area (TPSA) is 86.8 Å². The van der Waals surface area contributed by atoms with Crippen LogP contribution in [0, 0.1) is 0 Å². The Labute approximate surface area is 200 Å². The van der Waals surface area contributed by atoms with Gasteiger partial charge in [-0.05, 0) is 60.2 Å². The molecule has 4 atom stereocenters. The van der Waals surface area contributed by atoms with E-state index in [0.29, 0.717) is 11.6 Å². The molecule has 2 heterocycles. The maximum atomic E-state index is 12.0. The van der Waals surface area contributed by atoms with Gasteiger partial charge in [-0.15, -0.1) is 0 Å². The second-order valence-corrected chi connectivity index (χ2v) is 10.3. The Morgan fingerprint density at radius 3 is 2.62 bits per heavy atom. The molecule has 7 nitrogen and oxygen atoms in total. The molecule has 3 aromatic rings. The third-order valence-corrected chi connectivity index (χ3v) is 8.40. The minimum Gasteiger partial charge on any atom is -0.489 e. The predicted molar refractivity (Wildman–Crippen MR) is 126 cm³/mol. The van der Waals surface area contributed by atoms with E-state index < -0.39 is 11.0 Å². The lowest BCUT2D eigenvalue weighted by molar-refractivity contribution is -0.118. The molecule has 2 aliphatic carbocycles. The first-order valence-corrected chi connectivity index (χ1v) is 12.5. The molecular formula is C26H24N2O5S. The standard InChI is InChI=1S/C26H24N2O5S/c1-31-25-10-9-18(15-27-25)32-21-4-2-3-20-19(21)11-12-26(20)14-23(26)33-17-7-5-16(6-8-17)22-13-24(29)28-34(22)30/h2-10,15,22-23H,11-14H2,1H3,(H,28,29)/t22?,23?,26-,34?/m0/s1. The number of nitrogens with one attached hydrogen (secondary N) is 1. The van der Waals surface area contributed by atoms with Gasteiger partial charge in [0.05, 0.1) is 18.6 Å². The van der Waals surface area contributed by atoms with Crippen LogP contribution in [0.1, 0.15) is 41.2 Å². The van der Waals surface area contributed by atoms with Crippen LogP contribution in [0.4, 0.5) is 0 Å². The van der Waals surface area contributed by atoms with Crippen molar-refractivity contribution in [1.82, 2.24) is 9.71 Å². The number of carbonyl (C=O) groups excluding carboxylic acids is 1. The third kappa shape index (κ3) is 3.62. The fourth-order valence-electron chi connectivity index (χ4n) is 5.15. The van der Waals surface area contributed by atoms with Gasteiger partial charge in [0, 0.05) is 17.9 Å². The first-order chi connectivity index (χ1) is 16.6. The van der Waals surface area contributed by atoms with Crippen LogP contribution < -0.4 is 18.9 Å². The summed E-state index contributed by atoms with van der Waals surface area (Å²) < 4.78 is 32.1. The maximum Gasteiger partial charge on any atom is 0.233 e. The largest absolute Gasteiger partial charge is 0.489 e. The normalized spacial score (nSPS) is 26.7. The summed E-state index contributed by atoms with van der Waals surface area (Å²) in [6.07, 6.45) is 4.99. The van der Waals surface area contributed by atoms with E-state index in [1.54, 1.807) is 19.4 Å². The summed E-state index contributed by atoms with van der Waals surface area (Å²) in [4.78, 5) is 15.7. The number of carbonyl (C=O) groups is 1. The van der Waals surface area contributed by atoms with Crippen LogP contribution in [-0.2, 0) is 27.6 Å². The molecule has 1 saturated heterocycles. The van der Waals surface area contributed by atoms with Gasteiger partial charge in [0.25, 0.3) is 0 Å². The van der Waals surface area contributed by atoms with E-state index in [-0.39, 0.29) is 29.1 Å². The summed E-state index contributed by atoms with van der Waals surface area (Å²) in [6, 6.07) is 17.5. The minimum atomic E-state index is -1.36. The van der Waals surface area contributed by atoms with E-state index >= 15 is 0 Å². The molecule has 2 fully saturated rings. The number of fused-ring (bicyclic) bond motifs is 2. The number of amides is 1. The second-order valence-electron chi connectivity index (χ2n) is 8.97. The Kier molecular flexibility index (Phi) is 5.06. The van der Waals surface area contributed by atoms with Crippen LogP contribution in [0.2, 0.25) is 0 Å². The first kappa shape index (κ1) is 21.2. The molecule has 3 aliphatic rings. The molecule has 8 heteroatoms. The zero-order valence-electron chi connectivity index (χ0n) is 18.7. The SMILES string of the molecule is COc1ccc(Oc2cccc3c2CC[C@]32CC2Oc2ccc(C3CC(=O)NS3=O)cc2)cn1. The highest BCUT2D eigenvalue weighted by Gasteiger charge is 2.60. The monoisotopic (exact) mass is 476 g/mol. The van der Waals surface area contributed by atoms with Crippen LogP contribution in [0.25, 0.3) is 0 Å². The Bertz CT molecular complexity index is 1280. The quantitative estimate of drug-likeness (QED) is 0.575. The molecule has 1 saturated carbocycles. The summed E-state index contributed by atoms with van der Waals surface area (Å²) in [5, 5.41) is -0.296. The van der Waals surface area contributed by atoms with Crippen LogP contribution in [0.5, 0.6) is 23.1 Å². The number of nitrogens with zero attached hydrogens (tertiary/aromatic N) is 1. The lowest BCUT2D eigenvalue weighted by atomic mass is 9.97. The number of hydrogen-bond acceptors (Lipinski definition) is 6. The molecule has 1 N–H and O–H groups in total. The average Bonchev–Trinajstić information content (AvgIpc) is 3.23.